The largest absolute Gasteiger partial charge is 0.356 e. The van der Waals surface area contributed by atoms with E-state index in [0.717, 1.165) is 6.42 Å². The van der Waals surface area contributed by atoms with Crippen molar-refractivity contribution in [2.45, 2.75) is 37.5 Å². The highest BCUT2D eigenvalue weighted by Gasteiger charge is 2.30. The molecule has 2 N–H and O–H groups in total. The van der Waals surface area contributed by atoms with Crippen LogP contribution in [-0.2, 0) is 26.0 Å². The van der Waals surface area contributed by atoms with Crippen molar-refractivity contribution in [2.75, 3.05) is 25.0 Å². The third kappa shape index (κ3) is 6.63. The molecule has 2 amide bonds. The molecule has 3 rings (SSSR count). The first-order chi connectivity index (χ1) is 14.8. The number of amides is 2. The van der Waals surface area contributed by atoms with Gasteiger partial charge in [0, 0.05) is 38.7 Å². The second kappa shape index (κ2) is 10.5. The average molecular weight is 444 g/mol. The van der Waals surface area contributed by atoms with Gasteiger partial charge in [-0.3, -0.25) is 9.59 Å². The van der Waals surface area contributed by atoms with Crippen molar-refractivity contribution in [2.24, 2.45) is 5.92 Å². The zero-order valence-corrected chi connectivity index (χ0v) is 18.5. The average Bonchev–Trinajstić information content (AvgIpc) is 2.75. The molecule has 0 atom stereocenters. The summed E-state index contributed by atoms with van der Waals surface area (Å²) in [5.74, 6) is -0.00195. The molecule has 0 radical (unpaired) electrons. The fraction of sp³-hybridized carbons (Fsp3) is 0.391. The Hall–Kier alpha value is -2.71. The number of carbonyl (C=O) groups excluding carboxylic acids is 2. The summed E-state index contributed by atoms with van der Waals surface area (Å²) in [4.78, 5) is 23.6. The first kappa shape index (κ1) is 23.0. The van der Waals surface area contributed by atoms with Crippen LogP contribution in [0.2, 0.25) is 0 Å². The van der Waals surface area contributed by atoms with Crippen molar-refractivity contribution in [3.05, 3.63) is 60.2 Å². The van der Waals surface area contributed by atoms with Gasteiger partial charge in [-0.2, -0.15) is 4.31 Å². The van der Waals surface area contributed by atoms with Crippen LogP contribution in [0.3, 0.4) is 0 Å². The van der Waals surface area contributed by atoms with Gasteiger partial charge in [0.1, 0.15) is 0 Å². The fourth-order valence-corrected chi connectivity index (χ4v) is 5.21. The number of sulfonamides is 1. The van der Waals surface area contributed by atoms with Crippen LogP contribution in [-0.4, -0.2) is 44.2 Å². The topological polar surface area (TPSA) is 95.6 Å². The van der Waals surface area contributed by atoms with Gasteiger partial charge in [0.2, 0.25) is 21.8 Å². The number of benzene rings is 2. The van der Waals surface area contributed by atoms with E-state index >= 15 is 0 Å². The minimum atomic E-state index is -3.58. The highest BCUT2D eigenvalue weighted by Crippen LogP contribution is 2.26. The number of nitrogens with one attached hydrogen (secondary N) is 2. The number of hydrogen-bond donors (Lipinski definition) is 2. The Bertz CT molecular complexity index is 983. The number of anilines is 1. The van der Waals surface area contributed by atoms with Gasteiger partial charge in [-0.05, 0) is 55.0 Å². The maximum absolute atomic E-state index is 12.9. The van der Waals surface area contributed by atoms with Crippen molar-refractivity contribution in [3.63, 3.8) is 0 Å². The molecule has 1 aliphatic heterocycles. The van der Waals surface area contributed by atoms with E-state index in [0.29, 0.717) is 44.6 Å². The smallest absolute Gasteiger partial charge is 0.243 e. The van der Waals surface area contributed by atoms with Crippen molar-refractivity contribution in [1.29, 1.82) is 0 Å². The normalized spacial score (nSPS) is 15.4. The summed E-state index contributed by atoms with van der Waals surface area (Å²) >= 11 is 0. The lowest BCUT2D eigenvalue weighted by atomic mass is 9.94. The molecule has 2 aromatic carbocycles. The molecule has 0 aliphatic carbocycles. The van der Waals surface area contributed by atoms with Crippen LogP contribution in [0.4, 0.5) is 5.69 Å². The fourth-order valence-electron chi connectivity index (χ4n) is 3.74. The predicted molar refractivity (Wildman–Crippen MR) is 120 cm³/mol. The number of hydrogen-bond acceptors (Lipinski definition) is 4. The summed E-state index contributed by atoms with van der Waals surface area (Å²) in [7, 11) is -3.58. The molecule has 0 unspecified atom stereocenters. The Balaban J connectivity index is 1.45. The first-order valence-electron chi connectivity index (χ1n) is 10.5. The van der Waals surface area contributed by atoms with Gasteiger partial charge < -0.3 is 10.6 Å². The van der Waals surface area contributed by atoms with Gasteiger partial charge in [-0.15, -0.1) is 0 Å². The third-order valence-corrected chi connectivity index (χ3v) is 7.35. The monoisotopic (exact) mass is 443 g/mol. The van der Waals surface area contributed by atoms with E-state index in [-0.39, 0.29) is 22.6 Å². The molecule has 1 fully saturated rings. The van der Waals surface area contributed by atoms with Crippen molar-refractivity contribution < 1.29 is 18.0 Å². The van der Waals surface area contributed by atoms with Crippen LogP contribution in [0.1, 0.15) is 31.7 Å². The summed E-state index contributed by atoms with van der Waals surface area (Å²) in [6.45, 7) is 2.80. The standard InChI is InChI=1S/C23H29N3O4S/c1-18(27)25-21-7-9-22(10-8-21)31(29,30)26-15-12-20(13-16-26)17-23(28)24-14-11-19-5-3-2-4-6-19/h2-10,20H,11-17H2,1H3,(H,24,28)(H,25,27). The molecule has 8 heteroatoms. The maximum atomic E-state index is 12.9. The molecule has 7 nitrogen and oxygen atoms in total. The van der Waals surface area contributed by atoms with E-state index in [1.54, 1.807) is 12.1 Å². The van der Waals surface area contributed by atoms with Crippen LogP contribution in [0.25, 0.3) is 0 Å². The predicted octanol–water partition coefficient (Wildman–Crippen LogP) is 2.79. The van der Waals surface area contributed by atoms with Crippen LogP contribution < -0.4 is 10.6 Å². The molecular formula is C23H29N3O4S. The van der Waals surface area contributed by atoms with E-state index in [1.807, 2.05) is 30.3 Å². The van der Waals surface area contributed by atoms with E-state index in [9.17, 15) is 18.0 Å². The van der Waals surface area contributed by atoms with Crippen molar-refractivity contribution >= 4 is 27.5 Å². The van der Waals surface area contributed by atoms with Crippen LogP contribution >= 0.6 is 0 Å². The summed E-state index contributed by atoms with van der Waals surface area (Å²) in [6, 6.07) is 16.2. The quantitative estimate of drug-likeness (QED) is 0.656. The summed E-state index contributed by atoms with van der Waals surface area (Å²) < 4.78 is 27.2. The van der Waals surface area contributed by atoms with E-state index in [4.69, 9.17) is 0 Å². The zero-order chi connectivity index (χ0) is 22.3. The Morgan fingerprint density at radius 3 is 2.26 bits per heavy atom. The molecule has 0 saturated carbocycles. The van der Waals surface area contributed by atoms with Gasteiger partial charge in [0.15, 0.2) is 0 Å². The Kier molecular flexibility index (Phi) is 7.81. The Morgan fingerprint density at radius 2 is 1.65 bits per heavy atom. The minimum absolute atomic E-state index is 0.0193. The highest BCUT2D eigenvalue weighted by atomic mass is 32.2. The van der Waals surface area contributed by atoms with Gasteiger partial charge in [0.05, 0.1) is 4.90 Å². The van der Waals surface area contributed by atoms with Crippen LogP contribution in [0.5, 0.6) is 0 Å². The molecule has 0 aromatic heterocycles. The lowest BCUT2D eigenvalue weighted by Gasteiger charge is -2.31. The van der Waals surface area contributed by atoms with Gasteiger partial charge in [-0.25, -0.2) is 8.42 Å². The van der Waals surface area contributed by atoms with Gasteiger partial charge in [0.25, 0.3) is 0 Å². The third-order valence-electron chi connectivity index (χ3n) is 5.44. The summed E-state index contributed by atoms with van der Waals surface area (Å²) in [6.07, 6.45) is 2.54. The molecule has 0 bridgehead atoms. The molecular weight excluding hydrogens is 414 g/mol. The number of piperidine rings is 1. The SMILES string of the molecule is CC(=O)Nc1ccc(S(=O)(=O)N2CCC(CC(=O)NCCc3ccccc3)CC2)cc1. The first-order valence-corrected chi connectivity index (χ1v) is 12.0. The number of carbonyl (C=O) groups is 2. The van der Waals surface area contributed by atoms with Crippen molar-refractivity contribution in [3.8, 4) is 0 Å². The van der Waals surface area contributed by atoms with Gasteiger partial charge >= 0.3 is 0 Å². The molecule has 1 heterocycles. The second-order valence-corrected chi connectivity index (χ2v) is 9.78. The lowest BCUT2D eigenvalue weighted by molar-refractivity contribution is -0.122. The summed E-state index contributed by atoms with van der Waals surface area (Å²) in [5, 5.41) is 5.59. The van der Waals surface area contributed by atoms with E-state index in [2.05, 4.69) is 10.6 Å². The minimum Gasteiger partial charge on any atom is -0.356 e. The Labute approximate surface area is 183 Å². The highest BCUT2D eigenvalue weighted by molar-refractivity contribution is 7.89. The molecule has 1 saturated heterocycles. The zero-order valence-electron chi connectivity index (χ0n) is 17.7. The van der Waals surface area contributed by atoms with Crippen LogP contribution in [0.15, 0.2) is 59.5 Å². The molecule has 2 aromatic rings. The van der Waals surface area contributed by atoms with Crippen LogP contribution in [0, 0.1) is 5.92 Å². The second-order valence-electron chi connectivity index (χ2n) is 7.84. The lowest BCUT2D eigenvalue weighted by Crippen LogP contribution is -2.39. The van der Waals surface area contributed by atoms with E-state index in [1.165, 1.54) is 28.9 Å². The molecule has 1 aliphatic rings. The van der Waals surface area contributed by atoms with Gasteiger partial charge in [-0.1, -0.05) is 30.3 Å². The van der Waals surface area contributed by atoms with E-state index < -0.39 is 10.0 Å². The Morgan fingerprint density at radius 1 is 1.00 bits per heavy atom. The maximum Gasteiger partial charge on any atom is 0.243 e. The number of rotatable bonds is 8. The van der Waals surface area contributed by atoms with Crippen molar-refractivity contribution in [1.82, 2.24) is 9.62 Å². The molecule has 31 heavy (non-hydrogen) atoms. The summed E-state index contributed by atoms with van der Waals surface area (Å²) in [5.41, 5.74) is 1.75. The number of nitrogens with zero attached hydrogens (tertiary/aromatic N) is 1. The molecule has 166 valence electrons. The molecule has 0 spiro atoms.